The number of para-hydroxylation sites is 2. The highest BCUT2D eigenvalue weighted by Crippen LogP contribution is 2.43. The van der Waals surface area contributed by atoms with E-state index in [0.717, 1.165) is 11.1 Å². The van der Waals surface area contributed by atoms with Crippen molar-refractivity contribution in [1.29, 1.82) is 0 Å². The highest BCUT2D eigenvalue weighted by atomic mass is 35.5. The number of nitrogens with zero attached hydrogens (tertiary/aromatic N) is 1. The molecule has 0 saturated heterocycles. The zero-order valence-corrected chi connectivity index (χ0v) is 16.0. The molecule has 1 aliphatic heterocycles. The van der Waals surface area contributed by atoms with Crippen LogP contribution < -0.4 is 10.2 Å². The number of carbonyl (C=O) groups is 1. The minimum absolute atomic E-state index is 0. The van der Waals surface area contributed by atoms with E-state index in [0.29, 0.717) is 30.8 Å². The van der Waals surface area contributed by atoms with Gasteiger partial charge in [-0.3, -0.25) is 4.79 Å². The predicted octanol–water partition coefficient (Wildman–Crippen LogP) is 4.25. The second kappa shape index (κ2) is 7.54. The van der Waals surface area contributed by atoms with Crippen LogP contribution in [0.5, 0.6) is 5.75 Å². The molecule has 140 valence electrons. The summed E-state index contributed by atoms with van der Waals surface area (Å²) in [6, 6.07) is 10.4. The maximum atomic E-state index is 14.3. The summed E-state index contributed by atoms with van der Waals surface area (Å²) in [5, 5.41) is 13.2. The van der Waals surface area contributed by atoms with Gasteiger partial charge in [0.15, 0.2) is 0 Å². The van der Waals surface area contributed by atoms with Crippen LogP contribution in [0.2, 0.25) is 0 Å². The number of phenols is 1. The maximum Gasteiger partial charge on any atom is 0.237 e. The van der Waals surface area contributed by atoms with E-state index < -0.39 is 5.41 Å². The molecule has 1 heterocycles. The lowest BCUT2D eigenvalue weighted by atomic mass is 9.86. The van der Waals surface area contributed by atoms with Crippen molar-refractivity contribution in [3.63, 3.8) is 0 Å². The van der Waals surface area contributed by atoms with Crippen molar-refractivity contribution < 1.29 is 14.3 Å². The molecular weight excluding hydrogens is 355 g/mol. The molecule has 0 aromatic heterocycles. The van der Waals surface area contributed by atoms with Crippen LogP contribution in [0.3, 0.4) is 0 Å². The number of rotatable bonds is 5. The number of fused-ring (bicyclic) bond motifs is 1. The van der Waals surface area contributed by atoms with Gasteiger partial charge in [-0.15, -0.1) is 12.4 Å². The SMILES string of the molecule is CNc1cccc(CCCN2C(=O)C(C)(C)c3cccc(F)c32)c1O.Cl. The molecule has 0 spiro atoms. The van der Waals surface area contributed by atoms with E-state index in [9.17, 15) is 14.3 Å². The number of amides is 1. The van der Waals surface area contributed by atoms with Gasteiger partial charge < -0.3 is 15.3 Å². The molecule has 0 fully saturated rings. The fourth-order valence-corrected chi connectivity index (χ4v) is 3.48. The lowest BCUT2D eigenvalue weighted by Gasteiger charge is -2.20. The molecule has 1 amide bonds. The third-order valence-electron chi connectivity index (χ3n) is 4.93. The second-order valence-electron chi connectivity index (χ2n) is 6.88. The molecule has 6 heteroatoms. The number of aryl methyl sites for hydroxylation is 1. The molecule has 3 rings (SSSR count). The number of anilines is 2. The van der Waals surface area contributed by atoms with Crippen LogP contribution in [0.4, 0.5) is 15.8 Å². The summed E-state index contributed by atoms with van der Waals surface area (Å²) in [4.78, 5) is 14.3. The number of nitrogens with one attached hydrogen (secondary N) is 1. The summed E-state index contributed by atoms with van der Waals surface area (Å²) in [5.41, 5.74) is 1.90. The first-order valence-corrected chi connectivity index (χ1v) is 8.47. The Morgan fingerprint density at radius 3 is 2.58 bits per heavy atom. The van der Waals surface area contributed by atoms with E-state index in [2.05, 4.69) is 5.32 Å². The van der Waals surface area contributed by atoms with Crippen LogP contribution in [0.25, 0.3) is 0 Å². The van der Waals surface area contributed by atoms with Gasteiger partial charge in [0.05, 0.1) is 16.8 Å². The zero-order valence-electron chi connectivity index (χ0n) is 15.2. The van der Waals surface area contributed by atoms with Crippen molar-refractivity contribution in [2.24, 2.45) is 0 Å². The van der Waals surface area contributed by atoms with Gasteiger partial charge in [0.25, 0.3) is 0 Å². The van der Waals surface area contributed by atoms with Crippen LogP contribution in [-0.2, 0) is 16.6 Å². The summed E-state index contributed by atoms with van der Waals surface area (Å²) in [5.74, 6) is -0.220. The van der Waals surface area contributed by atoms with Crippen LogP contribution >= 0.6 is 12.4 Å². The van der Waals surface area contributed by atoms with E-state index >= 15 is 0 Å². The third-order valence-corrected chi connectivity index (χ3v) is 4.93. The molecule has 26 heavy (non-hydrogen) atoms. The Labute approximate surface area is 159 Å². The lowest BCUT2D eigenvalue weighted by Crippen LogP contribution is -2.37. The average molecular weight is 379 g/mol. The Bertz CT molecular complexity index is 823. The van der Waals surface area contributed by atoms with Crippen molar-refractivity contribution in [1.82, 2.24) is 0 Å². The minimum Gasteiger partial charge on any atom is -0.505 e. The first-order valence-electron chi connectivity index (χ1n) is 8.47. The normalized spacial score (nSPS) is 14.8. The predicted molar refractivity (Wildman–Crippen MR) is 105 cm³/mol. The number of hydrogen-bond acceptors (Lipinski definition) is 3. The van der Waals surface area contributed by atoms with E-state index in [-0.39, 0.29) is 29.9 Å². The maximum absolute atomic E-state index is 14.3. The lowest BCUT2D eigenvalue weighted by molar-refractivity contribution is -0.122. The van der Waals surface area contributed by atoms with Crippen LogP contribution in [0.1, 0.15) is 31.4 Å². The molecule has 0 bridgehead atoms. The Kier molecular flexibility index (Phi) is 5.81. The first-order chi connectivity index (χ1) is 11.9. The third kappa shape index (κ3) is 3.23. The van der Waals surface area contributed by atoms with Crippen LogP contribution in [-0.4, -0.2) is 24.6 Å². The summed E-state index contributed by atoms with van der Waals surface area (Å²) in [6.07, 6.45) is 1.24. The molecule has 0 atom stereocenters. The van der Waals surface area contributed by atoms with Gasteiger partial charge in [-0.05, 0) is 49.9 Å². The highest BCUT2D eigenvalue weighted by Gasteiger charge is 2.44. The molecule has 0 radical (unpaired) electrons. The summed E-state index contributed by atoms with van der Waals surface area (Å²) in [6.45, 7) is 4.07. The van der Waals surface area contributed by atoms with Gasteiger partial charge in [-0.1, -0.05) is 24.3 Å². The van der Waals surface area contributed by atoms with Gasteiger partial charge in [0, 0.05) is 13.6 Å². The van der Waals surface area contributed by atoms with Crippen LogP contribution in [0.15, 0.2) is 36.4 Å². The number of halogens is 2. The van der Waals surface area contributed by atoms with Crippen molar-refractivity contribution in [3.8, 4) is 5.75 Å². The minimum atomic E-state index is -0.717. The highest BCUT2D eigenvalue weighted by molar-refractivity contribution is 6.07. The second-order valence-corrected chi connectivity index (χ2v) is 6.88. The fourth-order valence-electron chi connectivity index (χ4n) is 3.48. The van der Waals surface area contributed by atoms with Gasteiger partial charge in [0.1, 0.15) is 11.6 Å². The fraction of sp³-hybridized carbons (Fsp3) is 0.350. The summed E-state index contributed by atoms with van der Waals surface area (Å²) in [7, 11) is 1.75. The summed E-state index contributed by atoms with van der Waals surface area (Å²) >= 11 is 0. The van der Waals surface area contributed by atoms with Gasteiger partial charge >= 0.3 is 0 Å². The van der Waals surface area contributed by atoms with Gasteiger partial charge in [0.2, 0.25) is 5.91 Å². The average Bonchev–Trinajstić information content (AvgIpc) is 2.78. The molecule has 2 aromatic carbocycles. The van der Waals surface area contributed by atoms with Crippen molar-refractivity contribution >= 4 is 29.7 Å². The molecule has 0 saturated carbocycles. The van der Waals surface area contributed by atoms with Crippen molar-refractivity contribution in [2.45, 2.75) is 32.1 Å². The zero-order chi connectivity index (χ0) is 18.2. The number of carbonyl (C=O) groups excluding carboxylic acids is 1. The number of benzene rings is 2. The first kappa shape index (κ1) is 20.0. The molecule has 4 nitrogen and oxygen atoms in total. The smallest absolute Gasteiger partial charge is 0.237 e. The van der Waals surface area contributed by atoms with Gasteiger partial charge in [-0.2, -0.15) is 0 Å². The van der Waals surface area contributed by atoms with Crippen molar-refractivity contribution in [2.75, 3.05) is 23.8 Å². The molecule has 0 aliphatic carbocycles. The van der Waals surface area contributed by atoms with Crippen LogP contribution in [0, 0.1) is 5.82 Å². The Morgan fingerprint density at radius 2 is 1.88 bits per heavy atom. The number of aromatic hydroxyl groups is 1. The van der Waals surface area contributed by atoms with E-state index in [1.54, 1.807) is 24.1 Å². The molecule has 1 aliphatic rings. The Hall–Kier alpha value is -2.27. The standard InChI is InChI=1S/C20H23FN2O2.ClH/c1-20(2)14-9-5-10-15(21)17(14)23(19(20)25)12-6-8-13-7-4-11-16(22-3)18(13)24;/h4-5,7,9-11,22,24H,6,8,12H2,1-3H3;1H. The molecular formula is C20H24ClFN2O2. The quantitative estimate of drug-likeness (QED) is 0.764. The van der Waals surface area contributed by atoms with Crippen molar-refractivity contribution in [3.05, 3.63) is 53.3 Å². The number of hydrogen-bond donors (Lipinski definition) is 2. The number of phenolic OH excluding ortho intramolecular Hbond substituents is 1. The monoisotopic (exact) mass is 378 g/mol. The Balaban J connectivity index is 0.00000243. The van der Waals surface area contributed by atoms with E-state index in [1.807, 2.05) is 32.0 Å². The molecule has 0 unspecified atom stereocenters. The summed E-state index contributed by atoms with van der Waals surface area (Å²) < 4.78 is 14.3. The molecule has 2 aromatic rings. The topological polar surface area (TPSA) is 52.6 Å². The molecule has 2 N–H and O–H groups in total. The van der Waals surface area contributed by atoms with E-state index in [1.165, 1.54) is 6.07 Å². The largest absolute Gasteiger partial charge is 0.505 e. The Morgan fingerprint density at radius 1 is 1.19 bits per heavy atom. The van der Waals surface area contributed by atoms with Gasteiger partial charge in [-0.25, -0.2) is 4.39 Å². The van der Waals surface area contributed by atoms with E-state index in [4.69, 9.17) is 0 Å².